The first-order chi connectivity index (χ1) is 8.24. The van der Waals surface area contributed by atoms with Crippen LogP contribution in [0.4, 0.5) is 0 Å². The fourth-order valence-corrected chi connectivity index (χ4v) is 1.24. The average molecular weight is 272 g/mol. The van der Waals surface area contributed by atoms with Gasteiger partial charge < -0.3 is 16.0 Å². The monoisotopic (exact) mass is 271 g/mol. The minimum Gasteiger partial charge on any atom is -0.353 e. The van der Waals surface area contributed by atoms with Crippen molar-refractivity contribution in [2.24, 2.45) is 0 Å². The molecule has 0 heterocycles. The fourth-order valence-electron chi connectivity index (χ4n) is 1.24. The van der Waals surface area contributed by atoms with Gasteiger partial charge in [0.25, 0.3) is 5.91 Å². The largest absolute Gasteiger partial charge is 0.353 e. The molecule has 5 nitrogen and oxygen atoms in total. The third-order valence-electron chi connectivity index (χ3n) is 2.14. The molecule has 0 saturated heterocycles. The molecule has 3 N–H and O–H groups in total. The first-order valence-electron chi connectivity index (χ1n) is 5.48. The number of amides is 2. The Morgan fingerprint density at radius 1 is 1.06 bits per heavy atom. The Kier molecular flexibility index (Phi) is 8.61. The molecule has 1 rings (SSSR count). The molecule has 2 amide bonds. The number of carbonyl (C=O) groups is 2. The van der Waals surface area contributed by atoms with Gasteiger partial charge in [-0.25, -0.2) is 0 Å². The summed E-state index contributed by atoms with van der Waals surface area (Å²) in [6.07, 6.45) is 0. The molecule has 6 heteroatoms. The summed E-state index contributed by atoms with van der Waals surface area (Å²) < 4.78 is 0. The molecule has 100 valence electrons. The zero-order valence-electron chi connectivity index (χ0n) is 10.2. The topological polar surface area (TPSA) is 70.2 Å². The van der Waals surface area contributed by atoms with Crippen LogP contribution in [0.15, 0.2) is 30.3 Å². The van der Waals surface area contributed by atoms with Crippen molar-refractivity contribution in [3.05, 3.63) is 35.9 Å². The normalized spacial score (nSPS) is 9.17. The van der Waals surface area contributed by atoms with Crippen molar-refractivity contribution in [2.45, 2.75) is 0 Å². The van der Waals surface area contributed by atoms with E-state index in [-0.39, 0.29) is 30.8 Å². The predicted molar refractivity (Wildman–Crippen MR) is 73.0 cm³/mol. The number of nitrogens with one attached hydrogen (secondary N) is 3. The van der Waals surface area contributed by atoms with E-state index >= 15 is 0 Å². The number of likely N-dealkylation sites (N-methyl/N-ethyl adjacent to an activating group) is 1. The molecule has 0 saturated carbocycles. The van der Waals surface area contributed by atoms with Gasteiger partial charge in [-0.2, -0.15) is 0 Å². The summed E-state index contributed by atoms with van der Waals surface area (Å²) in [4.78, 5) is 22.9. The average Bonchev–Trinajstić information content (AvgIpc) is 2.37. The summed E-state index contributed by atoms with van der Waals surface area (Å²) in [6, 6.07) is 8.80. The summed E-state index contributed by atoms with van der Waals surface area (Å²) in [5.74, 6) is -0.432. The van der Waals surface area contributed by atoms with Crippen molar-refractivity contribution < 1.29 is 9.59 Å². The van der Waals surface area contributed by atoms with E-state index in [4.69, 9.17) is 0 Å². The Balaban J connectivity index is 0.00000289. The van der Waals surface area contributed by atoms with Crippen molar-refractivity contribution in [1.82, 2.24) is 16.0 Å². The molecule has 0 bridgehead atoms. The van der Waals surface area contributed by atoms with Gasteiger partial charge in [0.15, 0.2) is 0 Å². The summed E-state index contributed by atoms with van der Waals surface area (Å²) >= 11 is 0. The maximum absolute atomic E-state index is 11.6. The highest BCUT2D eigenvalue weighted by Crippen LogP contribution is 1.96. The van der Waals surface area contributed by atoms with Gasteiger partial charge in [0.1, 0.15) is 0 Å². The van der Waals surface area contributed by atoms with Crippen molar-refractivity contribution in [2.75, 3.05) is 26.7 Å². The minimum atomic E-state index is -0.241. The zero-order valence-corrected chi connectivity index (χ0v) is 11.0. The Labute approximate surface area is 113 Å². The van der Waals surface area contributed by atoms with Gasteiger partial charge in [0, 0.05) is 18.7 Å². The van der Waals surface area contributed by atoms with Gasteiger partial charge in [-0.15, -0.1) is 12.4 Å². The molecule has 0 aromatic heterocycles. The molecule has 18 heavy (non-hydrogen) atoms. The molecule has 0 radical (unpaired) electrons. The fraction of sp³-hybridized carbons (Fsp3) is 0.333. The second-order valence-electron chi connectivity index (χ2n) is 3.50. The van der Waals surface area contributed by atoms with Crippen LogP contribution >= 0.6 is 12.4 Å². The lowest BCUT2D eigenvalue weighted by molar-refractivity contribution is -0.120. The van der Waals surface area contributed by atoms with Crippen molar-refractivity contribution in [1.29, 1.82) is 0 Å². The van der Waals surface area contributed by atoms with E-state index in [2.05, 4.69) is 16.0 Å². The number of rotatable bonds is 6. The van der Waals surface area contributed by atoms with Gasteiger partial charge in [-0.1, -0.05) is 18.2 Å². The predicted octanol–water partition coefficient (Wildman–Crippen LogP) is 0.174. The Morgan fingerprint density at radius 2 is 1.72 bits per heavy atom. The first kappa shape index (κ1) is 16.4. The molecule has 0 spiro atoms. The summed E-state index contributed by atoms with van der Waals surface area (Å²) in [7, 11) is 1.81. The van der Waals surface area contributed by atoms with Crippen molar-refractivity contribution in [3.63, 3.8) is 0 Å². The van der Waals surface area contributed by atoms with E-state index in [1.165, 1.54) is 0 Å². The maximum Gasteiger partial charge on any atom is 0.251 e. The summed E-state index contributed by atoms with van der Waals surface area (Å²) in [5, 5.41) is 8.14. The van der Waals surface area contributed by atoms with Crippen molar-refractivity contribution >= 4 is 24.2 Å². The number of hydrogen-bond acceptors (Lipinski definition) is 3. The van der Waals surface area contributed by atoms with E-state index in [1.54, 1.807) is 24.3 Å². The van der Waals surface area contributed by atoms with Crippen LogP contribution in [0.1, 0.15) is 10.4 Å². The molecule has 0 fully saturated rings. The number of hydrogen-bond donors (Lipinski definition) is 3. The van der Waals surface area contributed by atoms with Crippen LogP contribution in [0.3, 0.4) is 0 Å². The number of carbonyl (C=O) groups excluding carboxylic acids is 2. The minimum absolute atomic E-state index is 0. The van der Waals surface area contributed by atoms with Gasteiger partial charge >= 0.3 is 0 Å². The second-order valence-corrected chi connectivity index (χ2v) is 3.50. The van der Waals surface area contributed by atoms with Crippen LogP contribution in [0.25, 0.3) is 0 Å². The molecular formula is C12H18ClN3O2. The van der Waals surface area contributed by atoms with E-state index < -0.39 is 0 Å². The van der Waals surface area contributed by atoms with E-state index in [0.29, 0.717) is 18.7 Å². The van der Waals surface area contributed by atoms with Gasteiger partial charge in [-0.3, -0.25) is 9.59 Å². The lowest BCUT2D eigenvalue weighted by Gasteiger charge is -2.06. The van der Waals surface area contributed by atoms with Crippen molar-refractivity contribution in [3.8, 4) is 0 Å². The number of benzene rings is 1. The molecular weight excluding hydrogens is 254 g/mol. The SMILES string of the molecule is CNCCNC(=O)CNC(=O)c1ccccc1.Cl. The van der Waals surface area contributed by atoms with Crippen LogP contribution in [-0.4, -0.2) is 38.5 Å². The highest BCUT2D eigenvalue weighted by atomic mass is 35.5. The highest BCUT2D eigenvalue weighted by molar-refractivity contribution is 5.96. The zero-order chi connectivity index (χ0) is 12.5. The van der Waals surface area contributed by atoms with Gasteiger partial charge in [-0.05, 0) is 19.2 Å². The van der Waals surface area contributed by atoms with Crippen LogP contribution in [-0.2, 0) is 4.79 Å². The Morgan fingerprint density at radius 3 is 2.33 bits per heavy atom. The molecule has 0 aliphatic carbocycles. The molecule has 0 aliphatic rings. The molecule has 1 aromatic rings. The third kappa shape index (κ3) is 6.22. The van der Waals surface area contributed by atoms with E-state index in [0.717, 1.165) is 0 Å². The first-order valence-corrected chi connectivity index (χ1v) is 5.48. The molecule has 0 atom stereocenters. The summed E-state index contributed by atoms with van der Waals surface area (Å²) in [5.41, 5.74) is 0.551. The smallest absolute Gasteiger partial charge is 0.251 e. The quantitative estimate of drug-likeness (QED) is 0.646. The second kappa shape index (κ2) is 9.44. The number of halogens is 1. The third-order valence-corrected chi connectivity index (χ3v) is 2.14. The lowest BCUT2D eigenvalue weighted by atomic mass is 10.2. The molecule has 0 aliphatic heterocycles. The highest BCUT2D eigenvalue weighted by Gasteiger charge is 2.06. The summed E-state index contributed by atoms with van der Waals surface area (Å²) in [6.45, 7) is 1.26. The van der Waals surface area contributed by atoms with Crippen LogP contribution < -0.4 is 16.0 Å². The van der Waals surface area contributed by atoms with Gasteiger partial charge in [0.2, 0.25) is 5.91 Å². The standard InChI is InChI=1S/C12H17N3O2.ClH/c1-13-7-8-14-11(16)9-15-12(17)10-5-3-2-4-6-10;/h2-6,13H,7-9H2,1H3,(H,14,16)(H,15,17);1H. The van der Waals surface area contributed by atoms with E-state index in [9.17, 15) is 9.59 Å². The lowest BCUT2D eigenvalue weighted by Crippen LogP contribution is -2.39. The molecule has 1 aromatic carbocycles. The van der Waals surface area contributed by atoms with Crippen LogP contribution in [0.2, 0.25) is 0 Å². The Hall–Kier alpha value is -1.59. The maximum atomic E-state index is 11.6. The van der Waals surface area contributed by atoms with E-state index in [1.807, 2.05) is 13.1 Å². The Bertz CT molecular complexity index is 371. The molecule has 0 unspecified atom stereocenters. The van der Waals surface area contributed by atoms with Crippen LogP contribution in [0.5, 0.6) is 0 Å². The van der Waals surface area contributed by atoms with Gasteiger partial charge in [0.05, 0.1) is 6.54 Å². The van der Waals surface area contributed by atoms with Crippen LogP contribution in [0, 0.1) is 0 Å².